The fourth-order valence-corrected chi connectivity index (χ4v) is 4.70. The van der Waals surface area contributed by atoms with Crippen LogP contribution in [-0.2, 0) is 10.8 Å². The summed E-state index contributed by atoms with van der Waals surface area (Å²) in [4.78, 5) is 47.8. The van der Waals surface area contributed by atoms with Gasteiger partial charge in [0.2, 0.25) is 0 Å². The molecule has 258 valence electrons. The van der Waals surface area contributed by atoms with Crippen LogP contribution in [0.3, 0.4) is 0 Å². The van der Waals surface area contributed by atoms with E-state index in [4.69, 9.17) is 17.7 Å². The van der Waals surface area contributed by atoms with Gasteiger partial charge in [0.25, 0.3) is 0 Å². The quantitative estimate of drug-likeness (QED) is 0.126. The molecule has 0 saturated carbocycles. The SMILES string of the molecule is CC(c1ccc(C(=O)C(F)(F)F)o1)(c1ccc(C(=O)C(F)(F)F)o1)C(C)(c1ccc(C(=O)C(F)(F)F)o1)c1ccc(C(=O)C(F)(F)F)o1. The van der Waals surface area contributed by atoms with Crippen LogP contribution in [0, 0.1) is 0 Å². The van der Waals surface area contributed by atoms with Gasteiger partial charge in [0.1, 0.15) is 33.9 Å². The third kappa shape index (κ3) is 6.05. The molecule has 0 aliphatic heterocycles. The van der Waals surface area contributed by atoms with Crippen LogP contribution in [0.4, 0.5) is 52.7 Å². The molecule has 0 aromatic carbocycles. The lowest BCUT2D eigenvalue weighted by Crippen LogP contribution is -2.46. The summed E-state index contributed by atoms with van der Waals surface area (Å²) in [6, 6.07) is 4.21. The normalized spacial score (nSPS) is 13.5. The van der Waals surface area contributed by atoms with Crippen molar-refractivity contribution in [3.8, 4) is 0 Å². The van der Waals surface area contributed by atoms with E-state index in [1.807, 2.05) is 0 Å². The van der Waals surface area contributed by atoms with Gasteiger partial charge < -0.3 is 17.7 Å². The first-order chi connectivity index (χ1) is 21.7. The van der Waals surface area contributed by atoms with Crippen LogP contribution in [0.15, 0.2) is 66.2 Å². The fourth-order valence-electron chi connectivity index (χ4n) is 4.70. The molecule has 0 radical (unpaired) electrons. The van der Waals surface area contributed by atoms with E-state index in [1.54, 1.807) is 0 Å². The number of hydrogen-bond donors (Lipinski definition) is 0. The highest BCUT2D eigenvalue weighted by Crippen LogP contribution is 2.54. The van der Waals surface area contributed by atoms with E-state index >= 15 is 0 Å². The van der Waals surface area contributed by atoms with Crippen molar-refractivity contribution in [2.45, 2.75) is 49.4 Å². The molecular formula is C28H14F12O8. The third-order valence-electron chi connectivity index (χ3n) is 7.32. The van der Waals surface area contributed by atoms with Gasteiger partial charge in [0.05, 0.1) is 0 Å². The minimum atomic E-state index is -5.56. The van der Waals surface area contributed by atoms with Gasteiger partial charge in [-0.2, -0.15) is 52.7 Å². The van der Waals surface area contributed by atoms with Crippen molar-refractivity contribution in [3.05, 3.63) is 94.6 Å². The molecule has 20 heteroatoms. The first kappa shape index (κ1) is 35.8. The van der Waals surface area contributed by atoms with Gasteiger partial charge >= 0.3 is 47.8 Å². The van der Waals surface area contributed by atoms with Crippen molar-refractivity contribution in [2.75, 3.05) is 0 Å². The average molecular weight is 706 g/mol. The van der Waals surface area contributed by atoms with E-state index in [-0.39, 0.29) is 0 Å². The minimum absolute atomic E-state index is 0.427. The molecule has 4 heterocycles. The molecule has 0 N–H and O–H groups in total. The molecule has 0 atom stereocenters. The van der Waals surface area contributed by atoms with E-state index in [0.717, 1.165) is 13.8 Å². The number of carbonyl (C=O) groups excluding carboxylic acids is 4. The first-order valence-corrected chi connectivity index (χ1v) is 12.6. The molecule has 4 aromatic rings. The van der Waals surface area contributed by atoms with E-state index < -0.39 is 105 Å². The van der Waals surface area contributed by atoms with E-state index in [2.05, 4.69) is 0 Å². The van der Waals surface area contributed by atoms with Gasteiger partial charge in [-0.15, -0.1) is 0 Å². The Morgan fingerprint density at radius 1 is 0.375 bits per heavy atom. The topological polar surface area (TPSA) is 121 Å². The molecular weight excluding hydrogens is 692 g/mol. The van der Waals surface area contributed by atoms with Crippen molar-refractivity contribution in [2.24, 2.45) is 0 Å². The standard InChI is InChI=1S/C28H14F12O8/c1-23(15-7-3-11(45-15)19(41)25(29,30)31,16-8-4-12(46-16)20(42)26(32,33)34)24(2,17-9-5-13(47-17)21(43)27(35,36)37)18-10-6-14(48-18)22(44)28(38,39)40/h3-10H,1-2H3. The molecule has 0 bridgehead atoms. The van der Waals surface area contributed by atoms with Crippen molar-refractivity contribution < 1.29 is 89.5 Å². The molecule has 4 rings (SSSR count). The van der Waals surface area contributed by atoms with Crippen molar-refractivity contribution in [1.29, 1.82) is 0 Å². The molecule has 4 aromatic heterocycles. The zero-order valence-electron chi connectivity index (χ0n) is 23.4. The molecule has 8 nitrogen and oxygen atoms in total. The lowest BCUT2D eigenvalue weighted by Gasteiger charge is -2.41. The lowest BCUT2D eigenvalue weighted by atomic mass is 9.60. The largest absolute Gasteiger partial charge is 0.458 e. The highest BCUT2D eigenvalue weighted by Gasteiger charge is 2.59. The van der Waals surface area contributed by atoms with Crippen LogP contribution in [0.1, 0.15) is 79.1 Å². The van der Waals surface area contributed by atoms with Crippen molar-refractivity contribution in [3.63, 3.8) is 0 Å². The summed E-state index contributed by atoms with van der Waals surface area (Å²) in [5.41, 5.74) is -5.35. The summed E-state index contributed by atoms with van der Waals surface area (Å²) in [6.07, 6.45) is -22.2. The fraction of sp³-hybridized carbons (Fsp3) is 0.286. The van der Waals surface area contributed by atoms with Crippen LogP contribution in [-0.4, -0.2) is 47.8 Å². The van der Waals surface area contributed by atoms with Gasteiger partial charge in [-0.05, 0) is 62.4 Å². The number of rotatable bonds is 9. The van der Waals surface area contributed by atoms with Gasteiger partial charge in [0.15, 0.2) is 23.0 Å². The molecule has 0 amide bonds. The monoisotopic (exact) mass is 706 g/mol. The molecule has 0 fully saturated rings. The lowest BCUT2D eigenvalue weighted by molar-refractivity contribution is -0.0906. The molecule has 0 aliphatic rings. The number of carbonyl (C=O) groups is 4. The van der Waals surface area contributed by atoms with Crippen LogP contribution < -0.4 is 0 Å². The maximum Gasteiger partial charge on any atom is 0.458 e. The summed E-state index contributed by atoms with van der Waals surface area (Å²) in [5, 5.41) is 0. The van der Waals surface area contributed by atoms with Crippen LogP contribution >= 0.6 is 0 Å². The Bertz CT molecular complexity index is 1620. The maximum absolute atomic E-state index is 13.2. The number of Topliss-reactive ketones (excluding diaryl/α,β-unsaturated/α-hetero) is 4. The predicted octanol–water partition coefficient (Wildman–Crippen LogP) is 8.35. The Labute approximate surface area is 257 Å². The second-order valence-corrected chi connectivity index (χ2v) is 10.2. The maximum atomic E-state index is 13.2. The Balaban J connectivity index is 2.10. The Kier molecular flexibility index (Phi) is 8.42. The van der Waals surface area contributed by atoms with Gasteiger partial charge in [0, 0.05) is 0 Å². The number of ketones is 4. The minimum Gasteiger partial charge on any atom is -0.456 e. The summed E-state index contributed by atoms with van der Waals surface area (Å²) in [7, 11) is 0. The summed E-state index contributed by atoms with van der Waals surface area (Å²) >= 11 is 0. The van der Waals surface area contributed by atoms with E-state index in [9.17, 15) is 71.9 Å². The zero-order valence-corrected chi connectivity index (χ0v) is 23.4. The molecule has 0 saturated heterocycles. The summed E-state index contributed by atoms with van der Waals surface area (Å²) in [5.74, 6) is -19.8. The van der Waals surface area contributed by atoms with Crippen LogP contribution in [0.2, 0.25) is 0 Å². The smallest absolute Gasteiger partial charge is 0.456 e. The predicted molar refractivity (Wildman–Crippen MR) is 129 cm³/mol. The number of hydrogen-bond acceptors (Lipinski definition) is 8. The van der Waals surface area contributed by atoms with Gasteiger partial charge in [-0.3, -0.25) is 19.2 Å². The van der Waals surface area contributed by atoms with Gasteiger partial charge in [-0.25, -0.2) is 0 Å². The van der Waals surface area contributed by atoms with E-state index in [0.29, 0.717) is 48.5 Å². The summed E-state index contributed by atoms with van der Waals surface area (Å²) < 4.78 is 179. The van der Waals surface area contributed by atoms with Crippen molar-refractivity contribution in [1.82, 2.24) is 0 Å². The molecule has 0 aliphatic carbocycles. The van der Waals surface area contributed by atoms with Crippen LogP contribution in [0.25, 0.3) is 0 Å². The number of furan rings is 4. The second-order valence-electron chi connectivity index (χ2n) is 10.2. The van der Waals surface area contributed by atoms with E-state index in [1.165, 1.54) is 0 Å². The number of halogens is 12. The molecule has 0 unspecified atom stereocenters. The second kappa shape index (κ2) is 11.3. The van der Waals surface area contributed by atoms with Crippen molar-refractivity contribution >= 4 is 23.1 Å². The molecule has 0 spiro atoms. The highest BCUT2D eigenvalue weighted by atomic mass is 19.4. The number of alkyl halides is 12. The van der Waals surface area contributed by atoms with Gasteiger partial charge in [-0.1, -0.05) is 0 Å². The highest BCUT2D eigenvalue weighted by molar-refractivity contribution is 5.99. The van der Waals surface area contributed by atoms with Crippen LogP contribution in [0.5, 0.6) is 0 Å². The third-order valence-corrected chi connectivity index (χ3v) is 7.32. The Morgan fingerprint density at radius 2 is 0.542 bits per heavy atom. The summed E-state index contributed by atoms with van der Waals surface area (Å²) in [6.45, 7) is 1.69. The Morgan fingerprint density at radius 3 is 0.688 bits per heavy atom. The zero-order chi connectivity index (χ0) is 36.4. The Hall–Kier alpha value is -5.04. The molecule has 48 heavy (non-hydrogen) atoms. The average Bonchev–Trinajstić information content (AvgIpc) is 3.78. The first-order valence-electron chi connectivity index (χ1n) is 12.6.